The summed E-state index contributed by atoms with van der Waals surface area (Å²) in [4.78, 5) is 34.6. The lowest BCUT2D eigenvalue weighted by atomic mass is 9.95. The van der Waals surface area contributed by atoms with Gasteiger partial charge in [0.2, 0.25) is 0 Å². The molecule has 29 rings (SSSR count). The van der Waals surface area contributed by atoms with Gasteiger partial charge in [0.15, 0.2) is 17.5 Å². The fourth-order valence-corrected chi connectivity index (χ4v) is 24.4. The highest BCUT2D eigenvalue weighted by Crippen LogP contribution is 2.50. The highest BCUT2D eigenvalue weighted by Gasteiger charge is 2.27. The monoisotopic (exact) mass is 1850 g/mol. The van der Waals surface area contributed by atoms with Crippen molar-refractivity contribution in [2.45, 2.75) is 0 Å². The molecule has 9 nitrogen and oxygen atoms in total. The Morgan fingerprint density at radius 3 is 0.892 bits per heavy atom. The third-order valence-electron chi connectivity index (χ3n) is 26.6. The number of fused-ring (bicyclic) bond motifs is 21. The van der Waals surface area contributed by atoms with E-state index >= 15 is 0 Å². The number of benzene rings is 19. The third kappa shape index (κ3) is 14.4. The number of aromatic nitrogens is 6. The summed E-state index contributed by atoms with van der Waals surface area (Å²) in [6, 6.07) is 158. The van der Waals surface area contributed by atoms with Crippen molar-refractivity contribution >= 4 is 192 Å². The minimum atomic E-state index is 0.641. The van der Waals surface area contributed by atoms with E-state index in [2.05, 4.69) is 382 Å². The lowest BCUT2D eigenvalue weighted by Gasteiger charge is -2.11. The van der Waals surface area contributed by atoms with Gasteiger partial charge in [0.1, 0.15) is 48.0 Å². The highest BCUT2D eigenvalue weighted by atomic mass is 32.1. The van der Waals surface area contributed by atoms with Crippen molar-refractivity contribution in [3.63, 3.8) is 0 Å². The average molecular weight is 1850 g/mol. The highest BCUT2D eigenvalue weighted by molar-refractivity contribution is 7.27. The maximum atomic E-state index is 6.46. The second-order valence-electron chi connectivity index (χ2n) is 34.8. The van der Waals surface area contributed by atoms with Gasteiger partial charge < -0.3 is 13.3 Å². The van der Waals surface area contributed by atoms with Crippen molar-refractivity contribution < 1.29 is 13.3 Å². The molecule has 0 aliphatic heterocycles. The third-order valence-corrected chi connectivity index (χ3v) is 31.0. The van der Waals surface area contributed by atoms with Crippen LogP contribution in [0, 0.1) is 0 Å². The number of hydrogen-bond donors (Lipinski definition) is 0. The Hall–Kier alpha value is -17.3. The molecule has 10 aromatic heterocycles. The lowest BCUT2D eigenvalue weighted by Crippen LogP contribution is -1.94. The van der Waals surface area contributed by atoms with E-state index in [0.717, 1.165) is 175 Å². The van der Waals surface area contributed by atoms with Crippen LogP contribution in [0.2, 0.25) is 0 Å². The topological polar surface area (TPSA) is 117 Å². The summed E-state index contributed by atoms with van der Waals surface area (Å²) < 4.78 is 25.2. The van der Waals surface area contributed by atoms with Crippen LogP contribution in [0.4, 0.5) is 0 Å². The number of thiophene rings is 4. The van der Waals surface area contributed by atoms with Gasteiger partial charge in [-0.05, 0) is 158 Å². The van der Waals surface area contributed by atoms with Crippen LogP contribution in [0.25, 0.3) is 282 Å². The summed E-state index contributed by atoms with van der Waals surface area (Å²) in [5.74, 6) is 2.10. The van der Waals surface area contributed by atoms with E-state index in [4.69, 9.17) is 43.2 Å². The fraction of sp³-hybridized carbons (Fsp3) is 0. The van der Waals surface area contributed by atoms with Gasteiger partial charge in [-0.15, -0.1) is 45.3 Å². The first-order chi connectivity index (χ1) is 68.9. The van der Waals surface area contributed by atoms with Gasteiger partial charge >= 0.3 is 0 Å². The van der Waals surface area contributed by atoms with Gasteiger partial charge in [-0.3, -0.25) is 0 Å². The molecule has 0 radical (unpaired) electrons. The van der Waals surface area contributed by atoms with Gasteiger partial charge in [0.05, 0.1) is 22.6 Å². The van der Waals surface area contributed by atoms with E-state index in [9.17, 15) is 0 Å². The molecule has 19 aromatic carbocycles. The summed E-state index contributed by atoms with van der Waals surface area (Å²) in [5, 5.41) is 15.7. The maximum absolute atomic E-state index is 6.46. The SMILES string of the molecule is c1ccc(-c2ccc(-c3cccc(-c4cccc(-c5nc(-c6cccc7oc8ccccc8c67)nc6sc7ccccc7c56)c4)c3)cc2)cc1.c1ccc(-c2ccc(-c3cccc(-c4cccc(-c5nc(-c6cccc7sc8ccccc8c67)nc6sc7ccccc7c56)c4)c3)cc2)cc1.c1ccc2c(c1)oc1c(-c3nc(-c4cccc5c4oc4ccccc45)c4c(n3)sc3ccccc34)cccc12. The van der Waals surface area contributed by atoms with Crippen molar-refractivity contribution in [1.29, 1.82) is 0 Å². The van der Waals surface area contributed by atoms with Gasteiger partial charge in [0.25, 0.3) is 0 Å². The first-order valence-electron chi connectivity index (χ1n) is 46.3. The van der Waals surface area contributed by atoms with E-state index in [1.807, 2.05) is 78.1 Å². The Labute approximate surface area is 812 Å². The molecule has 0 atom stereocenters. The molecule has 0 aliphatic carbocycles. The lowest BCUT2D eigenvalue weighted by molar-refractivity contribution is 0.668. The van der Waals surface area contributed by atoms with Crippen LogP contribution < -0.4 is 0 Å². The summed E-state index contributed by atoms with van der Waals surface area (Å²) in [7, 11) is 0. The number of hydrogen-bond acceptors (Lipinski definition) is 13. The number of furan rings is 3. The van der Waals surface area contributed by atoms with E-state index in [1.54, 1.807) is 34.0 Å². The normalized spacial score (nSPS) is 11.7. The van der Waals surface area contributed by atoms with Crippen LogP contribution in [-0.2, 0) is 0 Å². The van der Waals surface area contributed by atoms with Crippen LogP contribution >= 0.6 is 45.3 Å². The predicted molar refractivity (Wildman–Crippen MR) is 585 cm³/mol. The minimum Gasteiger partial charge on any atom is -0.456 e. The van der Waals surface area contributed by atoms with Crippen LogP contribution in [-0.4, -0.2) is 29.9 Å². The van der Waals surface area contributed by atoms with E-state index in [-0.39, 0.29) is 0 Å². The van der Waals surface area contributed by atoms with Crippen molar-refractivity contribution in [1.82, 2.24) is 29.9 Å². The molecule has 650 valence electrons. The predicted octanol–water partition coefficient (Wildman–Crippen LogP) is 36.6. The standard InChI is InChI=1S/C46H28N2OS.C46H28N2S2.C34H18N2O2S/c1-2-11-29(12-3-1)30-23-25-31(26-24-30)32-13-8-14-33(27-32)34-15-9-16-35(28-34)44-43-37-18-5-7-22-41(37)50-46(43)48-45(47-44)38-19-10-21-40-42(38)36-17-4-6-20-39(36)49-40;1-2-11-29(12-3-1)30-23-25-31(26-24-30)32-13-8-14-33(27-32)34-15-9-16-35(28-34)44-43-37-18-5-7-21-40(37)50-46(43)48-45(47-44)38-19-10-22-41-42(38)36-17-4-6-20-39(36)49-41;1-4-16-26-19(9-1)21-12-7-14-24(31(21)37-26)30-29-23-11-3-6-18-28(23)39-34(29)36-33(35-30)25-15-8-13-22-20-10-2-5-17-27(20)38-32(22)25/h2*1-28H;1-18H. The Kier molecular flexibility index (Phi) is 19.9. The molecular weight excluding hydrogens is 1770 g/mol. The average Bonchev–Trinajstić information content (AvgIpc) is 1.53. The van der Waals surface area contributed by atoms with Crippen LogP contribution in [0.5, 0.6) is 0 Å². The summed E-state index contributed by atoms with van der Waals surface area (Å²) >= 11 is 6.97. The van der Waals surface area contributed by atoms with Gasteiger partial charge in [-0.2, -0.15) is 0 Å². The second kappa shape index (κ2) is 33.9. The summed E-state index contributed by atoms with van der Waals surface area (Å²) in [6.07, 6.45) is 0. The zero-order chi connectivity index (χ0) is 91.5. The molecule has 0 amide bonds. The first kappa shape index (κ1) is 81.3. The molecule has 0 bridgehead atoms. The van der Waals surface area contributed by atoms with Gasteiger partial charge in [-0.25, -0.2) is 29.9 Å². The maximum Gasteiger partial charge on any atom is 0.165 e. The van der Waals surface area contributed by atoms with Gasteiger partial charge in [-0.1, -0.05) is 358 Å². The molecule has 0 saturated carbocycles. The Bertz CT molecular complexity index is 9540. The molecule has 0 unspecified atom stereocenters. The smallest absolute Gasteiger partial charge is 0.165 e. The van der Waals surface area contributed by atoms with Crippen molar-refractivity contribution in [3.05, 3.63) is 449 Å². The van der Waals surface area contributed by atoms with Crippen LogP contribution in [0.3, 0.4) is 0 Å². The van der Waals surface area contributed by atoms with Crippen molar-refractivity contribution in [2.24, 2.45) is 0 Å². The molecule has 0 spiro atoms. The molecule has 0 saturated heterocycles. The number of rotatable bonds is 12. The molecule has 0 aliphatic rings. The molecule has 29 aromatic rings. The van der Waals surface area contributed by atoms with E-state index in [0.29, 0.717) is 11.6 Å². The fourth-order valence-electron chi connectivity index (χ4n) is 20.0. The van der Waals surface area contributed by atoms with E-state index in [1.165, 1.54) is 95.1 Å². The largest absolute Gasteiger partial charge is 0.456 e. The molecule has 0 fully saturated rings. The Morgan fingerprint density at radius 1 is 0.151 bits per heavy atom. The Morgan fingerprint density at radius 2 is 0.424 bits per heavy atom. The molecule has 13 heteroatoms. The first-order valence-corrected chi connectivity index (χ1v) is 49.6. The van der Waals surface area contributed by atoms with Crippen molar-refractivity contribution in [2.75, 3.05) is 0 Å². The van der Waals surface area contributed by atoms with Gasteiger partial charge in [0, 0.05) is 127 Å². The zero-order valence-electron chi connectivity index (χ0n) is 74.3. The van der Waals surface area contributed by atoms with E-state index < -0.39 is 0 Å². The number of para-hydroxylation sites is 5. The second-order valence-corrected chi connectivity index (χ2v) is 39.0. The molecular formula is C126H74N6O3S4. The summed E-state index contributed by atoms with van der Waals surface area (Å²) in [5.41, 5.74) is 28.1. The minimum absolute atomic E-state index is 0.641. The molecule has 0 N–H and O–H groups in total. The quantitative estimate of drug-likeness (QED) is 0.118. The van der Waals surface area contributed by atoms with Crippen LogP contribution in [0.1, 0.15) is 0 Å². The number of nitrogens with zero attached hydrogens (tertiary/aromatic N) is 6. The van der Waals surface area contributed by atoms with Crippen LogP contribution in [0.15, 0.2) is 462 Å². The molecule has 10 heterocycles. The summed E-state index contributed by atoms with van der Waals surface area (Å²) in [6.45, 7) is 0. The molecule has 139 heavy (non-hydrogen) atoms. The zero-order valence-corrected chi connectivity index (χ0v) is 77.5. The Balaban J connectivity index is 0.000000106. The van der Waals surface area contributed by atoms with Crippen molar-refractivity contribution in [3.8, 4) is 135 Å².